The molecule has 0 aliphatic heterocycles. The second-order valence-corrected chi connectivity index (χ2v) is 3.29. The van der Waals surface area contributed by atoms with E-state index in [1.807, 2.05) is 6.92 Å². The summed E-state index contributed by atoms with van der Waals surface area (Å²) in [5.74, 6) is 0.0176. The molecule has 0 bridgehead atoms. The van der Waals surface area contributed by atoms with Crippen LogP contribution in [0.25, 0.3) is 0 Å². The number of amides is 1. The summed E-state index contributed by atoms with van der Waals surface area (Å²) in [6.07, 6.45) is 1.68. The van der Waals surface area contributed by atoms with Crippen LogP contribution in [0.4, 0.5) is 0 Å². The first kappa shape index (κ1) is 13.4. The molecule has 1 unspecified atom stereocenters. The zero-order valence-electron chi connectivity index (χ0n) is 9.08. The van der Waals surface area contributed by atoms with Gasteiger partial charge in [-0.05, 0) is 26.7 Å². The van der Waals surface area contributed by atoms with Crippen LogP contribution in [0.2, 0.25) is 0 Å². The molecule has 0 aliphatic carbocycles. The third-order valence-electron chi connectivity index (χ3n) is 1.80. The topological polar surface area (TPSA) is 58.6 Å². The standard InChI is InChI=1S/C10H21NO3/c1-3-14-8-6-10(13)11-7-4-5-9(2)12/h9,12H,3-8H2,1-2H3,(H,11,13). The number of rotatable bonds is 8. The molecule has 0 spiro atoms. The predicted octanol–water partition coefficient (Wildman–Crippen LogP) is 0.690. The van der Waals surface area contributed by atoms with Gasteiger partial charge in [-0.2, -0.15) is 0 Å². The maximum absolute atomic E-state index is 11.1. The van der Waals surface area contributed by atoms with Crippen LogP contribution in [-0.2, 0) is 9.53 Å². The van der Waals surface area contributed by atoms with Crippen LogP contribution in [-0.4, -0.2) is 36.9 Å². The van der Waals surface area contributed by atoms with Gasteiger partial charge in [-0.3, -0.25) is 4.79 Å². The van der Waals surface area contributed by atoms with Gasteiger partial charge >= 0.3 is 0 Å². The SMILES string of the molecule is CCOCCC(=O)NCCCC(C)O. The van der Waals surface area contributed by atoms with Gasteiger partial charge in [0.05, 0.1) is 12.7 Å². The van der Waals surface area contributed by atoms with Crippen molar-refractivity contribution in [2.24, 2.45) is 0 Å². The Kier molecular flexibility index (Phi) is 8.57. The fourth-order valence-corrected chi connectivity index (χ4v) is 1.02. The zero-order valence-corrected chi connectivity index (χ0v) is 9.08. The Morgan fingerprint density at radius 3 is 2.86 bits per heavy atom. The second-order valence-electron chi connectivity index (χ2n) is 3.29. The van der Waals surface area contributed by atoms with Crippen LogP contribution >= 0.6 is 0 Å². The highest BCUT2D eigenvalue weighted by Gasteiger charge is 2.00. The molecule has 4 heteroatoms. The molecule has 1 atom stereocenters. The fraction of sp³-hybridized carbons (Fsp3) is 0.900. The van der Waals surface area contributed by atoms with Crippen LogP contribution in [0, 0.1) is 0 Å². The van der Waals surface area contributed by atoms with E-state index < -0.39 is 0 Å². The number of aliphatic hydroxyl groups is 1. The number of hydrogen-bond acceptors (Lipinski definition) is 3. The highest BCUT2D eigenvalue weighted by molar-refractivity contribution is 5.75. The Labute approximate surface area is 85.6 Å². The van der Waals surface area contributed by atoms with Crippen LogP contribution in [0.3, 0.4) is 0 Å². The first-order valence-corrected chi connectivity index (χ1v) is 5.19. The van der Waals surface area contributed by atoms with Gasteiger partial charge in [-0.25, -0.2) is 0 Å². The lowest BCUT2D eigenvalue weighted by Gasteiger charge is -2.06. The number of nitrogens with one attached hydrogen (secondary N) is 1. The molecule has 0 rings (SSSR count). The number of ether oxygens (including phenoxy) is 1. The van der Waals surface area contributed by atoms with Gasteiger partial charge in [0.2, 0.25) is 5.91 Å². The molecule has 0 saturated heterocycles. The lowest BCUT2D eigenvalue weighted by Crippen LogP contribution is -2.26. The van der Waals surface area contributed by atoms with E-state index >= 15 is 0 Å². The monoisotopic (exact) mass is 203 g/mol. The molecule has 4 nitrogen and oxygen atoms in total. The average molecular weight is 203 g/mol. The zero-order chi connectivity index (χ0) is 10.8. The van der Waals surface area contributed by atoms with E-state index in [2.05, 4.69) is 5.32 Å². The molecular weight excluding hydrogens is 182 g/mol. The van der Waals surface area contributed by atoms with E-state index in [4.69, 9.17) is 9.84 Å². The van der Waals surface area contributed by atoms with Crippen LogP contribution in [0.1, 0.15) is 33.1 Å². The van der Waals surface area contributed by atoms with E-state index in [0.29, 0.717) is 26.2 Å². The molecule has 0 fully saturated rings. The molecule has 1 amide bonds. The summed E-state index contributed by atoms with van der Waals surface area (Å²) in [5.41, 5.74) is 0. The van der Waals surface area contributed by atoms with Gasteiger partial charge in [0.15, 0.2) is 0 Å². The summed E-state index contributed by atoms with van der Waals surface area (Å²) in [6, 6.07) is 0. The van der Waals surface area contributed by atoms with Crippen molar-refractivity contribution in [3.63, 3.8) is 0 Å². The van der Waals surface area contributed by atoms with E-state index in [1.165, 1.54) is 0 Å². The first-order valence-electron chi connectivity index (χ1n) is 5.19. The molecule has 0 aromatic rings. The largest absolute Gasteiger partial charge is 0.393 e. The van der Waals surface area contributed by atoms with Gasteiger partial charge in [0.25, 0.3) is 0 Å². The van der Waals surface area contributed by atoms with Crippen LogP contribution in [0.15, 0.2) is 0 Å². The molecule has 0 radical (unpaired) electrons. The van der Waals surface area contributed by atoms with Gasteiger partial charge in [0.1, 0.15) is 0 Å². The van der Waals surface area contributed by atoms with E-state index in [0.717, 1.165) is 12.8 Å². The maximum atomic E-state index is 11.1. The van der Waals surface area contributed by atoms with Crippen molar-refractivity contribution >= 4 is 5.91 Å². The lowest BCUT2D eigenvalue weighted by atomic mass is 10.2. The molecule has 84 valence electrons. The summed E-state index contributed by atoms with van der Waals surface area (Å²) >= 11 is 0. The summed E-state index contributed by atoms with van der Waals surface area (Å²) in [7, 11) is 0. The number of aliphatic hydroxyl groups excluding tert-OH is 1. The van der Waals surface area contributed by atoms with Crippen molar-refractivity contribution in [1.82, 2.24) is 5.32 Å². The lowest BCUT2D eigenvalue weighted by molar-refractivity contribution is -0.122. The van der Waals surface area contributed by atoms with Crippen molar-refractivity contribution in [3.8, 4) is 0 Å². The quantitative estimate of drug-likeness (QED) is 0.571. The molecule has 14 heavy (non-hydrogen) atoms. The maximum Gasteiger partial charge on any atom is 0.222 e. The van der Waals surface area contributed by atoms with Crippen molar-refractivity contribution in [1.29, 1.82) is 0 Å². The van der Waals surface area contributed by atoms with Crippen LogP contribution in [0.5, 0.6) is 0 Å². The first-order chi connectivity index (χ1) is 6.66. The van der Waals surface area contributed by atoms with Gasteiger partial charge in [-0.15, -0.1) is 0 Å². The molecule has 0 aromatic carbocycles. The summed E-state index contributed by atoms with van der Waals surface area (Å²) in [4.78, 5) is 11.1. The van der Waals surface area contributed by atoms with Crippen molar-refractivity contribution < 1.29 is 14.6 Å². The molecule has 0 heterocycles. The highest BCUT2D eigenvalue weighted by atomic mass is 16.5. The van der Waals surface area contributed by atoms with Crippen molar-refractivity contribution in [2.45, 2.75) is 39.2 Å². The van der Waals surface area contributed by atoms with Crippen molar-refractivity contribution in [3.05, 3.63) is 0 Å². The average Bonchev–Trinajstić information content (AvgIpc) is 2.13. The summed E-state index contributed by atoms with van der Waals surface area (Å²) < 4.78 is 5.05. The third-order valence-corrected chi connectivity index (χ3v) is 1.80. The minimum atomic E-state index is -0.282. The highest BCUT2D eigenvalue weighted by Crippen LogP contribution is 1.93. The smallest absolute Gasteiger partial charge is 0.222 e. The van der Waals surface area contributed by atoms with E-state index in [9.17, 15) is 4.79 Å². The van der Waals surface area contributed by atoms with E-state index in [1.54, 1.807) is 6.92 Å². The summed E-state index contributed by atoms with van der Waals surface area (Å²) in [6.45, 7) is 5.42. The fourth-order valence-electron chi connectivity index (χ4n) is 1.02. The van der Waals surface area contributed by atoms with E-state index in [-0.39, 0.29) is 12.0 Å². The summed E-state index contributed by atoms with van der Waals surface area (Å²) in [5, 5.41) is 11.7. The number of hydrogen-bond donors (Lipinski definition) is 2. The van der Waals surface area contributed by atoms with Crippen LogP contribution < -0.4 is 5.32 Å². The molecule has 0 aliphatic rings. The predicted molar refractivity (Wildman–Crippen MR) is 55.0 cm³/mol. The normalized spacial score (nSPS) is 12.5. The Morgan fingerprint density at radius 2 is 2.29 bits per heavy atom. The molecule has 0 saturated carbocycles. The molecule has 2 N–H and O–H groups in total. The number of carbonyl (C=O) groups is 1. The van der Waals surface area contributed by atoms with Crippen molar-refractivity contribution in [2.75, 3.05) is 19.8 Å². The number of carbonyl (C=O) groups excluding carboxylic acids is 1. The third kappa shape index (κ3) is 9.48. The van der Waals surface area contributed by atoms with Gasteiger partial charge < -0.3 is 15.2 Å². The molecule has 0 aromatic heterocycles. The Hall–Kier alpha value is -0.610. The minimum absolute atomic E-state index is 0.0176. The van der Waals surface area contributed by atoms with Gasteiger partial charge in [-0.1, -0.05) is 0 Å². The second kappa shape index (κ2) is 8.97. The minimum Gasteiger partial charge on any atom is -0.393 e. The Balaban J connectivity index is 3.18. The molecular formula is C10H21NO3. The Bertz CT molecular complexity index is 148. The Morgan fingerprint density at radius 1 is 1.57 bits per heavy atom. The van der Waals surface area contributed by atoms with Gasteiger partial charge in [0, 0.05) is 19.6 Å².